The topological polar surface area (TPSA) is 114 Å². The fraction of sp³-hybridized carbons (Fsp3) is 0.688. The molecule has 42 heavy (non-hydrogen) atoms. The van der Waals surface area contributed by atoms with E-state index in [0.29, 0.717) is 24.3 Å². The largest absolute Gasteiger partial charge is 0.489 e. The van der Waals surface area contributed by atoms with Crippen LogP contribution in [-0.2, 0) is 6.18 Å². The van der Waals surface area contributed by atoms with Crippen molar-refractivity contribution in [2.75, 3.05) is 26.7 Å². The van der Waals surface area contributed by atoms with Crippen LogP contribution < -0.4 is 22.0 Å². The SMILES string of the molecule is C=CC(N(N)/C=C(\N)C1CC1)C(C)(C)C.CCC(C)C(CO)N(C)CC.CCC(CN)Oc1cccc(C(F)(F)F)c1. The fourth-order valence-corrected chi connectivity index (χ4v) is 4.19. The molecular formula is C32H58F3N5O2. The quantitative estimate of drug-likeness (QED) is 0.122. The molecule has 7 nitrogen and oxygen atoms in total. The summed E-state index contributed by atoms with van der Waals surface area (Å²) in [6, 6.07) is 5.25. The smallest absolute Gasteiger partial charge is 0.416 e. The van der Waals surface area contributed by atoms with Gasteiger partial charge in [-0.2, -0.15) is 13.2 Å². The van der Waals surface area contributed by atoms with Crippen molar-refractivity contribution >= 4 is 0 Å². The molecule has 1 aliphatic rings. The molecule has 244 valence electrons. The average molecular weight is 602 g/mol. The number of likely N-dealkylation sites (N-methyl/N-ethyl adjacent to an activating group) is 1. The summed E-state index contributed by atoms with van der Waals surface area (Å²) in [5.41, 5.74) is 11.6. The van der Waals surface area contributed by atoms with Gasteiger partial charge in [0.1, 0.15) is 11.9 Å². The molecule has 0 amide bonds. The first-order valence-electron chi connectivity index (χ1n) is 15.0. The number of hydrazine groups is 1. The van der Waals surface area contributed by atoms with Crippen molar-refractivity contribution in [2.45, 2.75) is 98.5 Å². The third kappa shape index (κ3) is 14.8. The van der Waals surface area contributed by atoms with Gasteiger partial charge >= 0.3 is 6.18 Å². The van der Waals surface area contributed by atoms with Gasteiger partial charge in [-0.1, -0.05) is 67.0 Å². The van der Waals surface area contributed by atoms with E-state index in [0.717, 1.165) is 30.8 Å². The maximum atomic E-state index is 12.4. The molecule has 0 bridgehead atoms. The van der Waals surface area contributed by atoms with Crippen LogP contribution in [0.4, 0.5) is 13.2 Å². The minimum atomic E-state index is -4.34. The van der Waals surface area contributed by atoms with E-state index in [9.17, 15) is 13.2 Å². The molecule has 0 radical (unpaired) electrons. The second kappa shape index (κ2) is 19.1. The number of hydrogen-bond donors (Lipinski definition) is 4. The van der Waals surface area contributed by atoms with Gasteiger partial charge in [-0.05, 0) is 62.4 Å². The zero-order valence-corrected chi connectivity index (χ0v) is 27.1. The number of allylic oxidation sites excluding steroid dienone is 1. The first-order chi connectivity index (χ1) is 19.5. The molecule has 1 fully saturated rings. The Morgan fingerprint density at radius 2 is 1.76 bits per heavy atom. The maximum Gasteiger partial charge on any atom is 0.416 e. The number of benzene rings is 1. The Balaban J connectivity index is 0.000000612. The first-order valence-corrected chi connectivity index (χ1v) is 15.0. The molecule has 1 aromatic carbocycles. The van der Waals surface area contributed by atoms with Gasteiger partial charge in [0.25, 0.3) is 0 Å². The van der Waals surface area contributed by atoms with E-state index < -0.39 is 11.7 Å². The Morgan fingerprint density at radius 1 is 1.17 bits per heavy atom. The van der Waals surface area contributed by atoms with Crippen LogP contribution in [0.25, 0.3) is 0 Å². The third-order valence-electron chi connectivity index (χ3n) is 7.51. The Morgan fingerprint density at radius 3 is 2.14 bits per heavy atom. The molecule has 0 spiro atoms. The third-order valence-corrected chi connectivity index (χ3v) is 7.51. The molecular weight excluding hydrogens is 543 g/mol. The molecule has 10 heteroatoms. The van der Waals surface area contributed by atoms with Crippen LogP contribution in [0.1, 0.15) is 79.7 Å². The summed E-state index contributed by atoms with van der Waals surface area (Å²) in [6.07, 6.45) is 3.33. The van der Waals surface area contributed by atoms with Crippen LogP contribution in [0, 0.1) is 17.3 Å². The average Bonchev–Trinajstić information content (AvgIpc) is 3.77. The molecule has 0 saturated heterocycles. The van der Waals surface area contributed by atoms with Gasteiger partial charge in [0, 0.05) is 30.4 Å². The molecule has 1 saturated carbocycles. The minimum absolute atomic E-state index is 0.0663. The lowest BCUT2D eigenvalue weighted by molar-refractivity contribution is -0.137. The summed E-state index contributed by atoms with van der Waals surface area (Å²) in [4.78, 5) is 2.20. The number of halogens is 3. The predicted octanol–water partition coefficient (Wildman–Crippen LogP) is 6.14. The highest BCUT2D eigenvalue weighted by Gasteiger charge is 2.31. The van der Waals surface area contributed by atoms with E-state index in [1.807, 2.05) is 19.2 Å². The molecule has 2 rings (SSSR count). The monoisotopic (exact) mass is 601 g/mol. The minimum Gasteiger partial charge on any atom is -0.489 e. The van der Waals surface area contributed by atoms with Crippen LogP contribution in [0.3, 0.4) is 0 Å². The summed E-state index contributed by atoms with van der Waals surface area (Å²) in [7, 11) is 2.06. The van der Waals surface area contributed by atoms with Crippen LogP contribution in [-0.4, -0.2) is 59.9 Å². The molecule has 7 N–H and O–H groups in total. The standard InChI is InChI=1S/C12H23N3.C11H14F3NO.C9H21NO/c1-5-11(12(2,3)4)15(14)8-10(13)9-6-7-9;1-2-9(7-15)16-10-5-3-4-8(6-10)11(12,13)14;1-5-8(3)9(7-11)10(4)6-2/h5,8-9,11H,1,6-7,13-14H2,2-4H3;3-6,9H,2,7,15H2,1H3;8-9,11H,5-7H2,1-4H3/b10-8-;;. The van der Waals surface area contributed by atoms with E-state index in [1.54, 1.807) is 5.01 Å². The van der Waals surface area contributed by atoms with Gasteiger partial charge in [0.15, 0.2) is 0 Å². The molecule has 4 unspecified atom stereocenters. The highest BCUT2D eigenvalue weighted by Crippen LogP contribution is 2.34. The summed E-state index contributed by atoms with van der Waals surface area (Å²) >= 11 is 0. The lowest BCUT2D eigenvalue weighted by Crippen LogP contribution is -2.44. The number of hydrogen-bond acceptors (Lipinski definition) is 7. The van der Waals surface area contributed by atoms with E-state index >= 15 is 0 Å². The Hall–Kier alpha value is -2.27. The Kier molecular flexibility index (Phi) is 18.1. The normalized spacial score (nSPS) is 16.7. The summed E-state index contributed by atoms with van der Waals surface area (Å²) < 4.78 is 42.5. The number of aliphatic hydroxyl groups excluding tert-OH is 1. The van der Waals surface area contributed by atoms with Crippen molar-refractivity contribution in [1.29, 1.82) is 0 Å². The maximum absolute atomic E-state index is 12.4. The summed E-state index contributed by atoms with van der Waals surface area (Å²) in [5.74, 6) is 7.33. The second-order valence-corrected chi connectivity index (χ2v) is 12.0. The summed E-state index contributed by atoms with van der Waals surface area (Å²) in [6.45, 7) is 20.1. The number of rotatable bonds is 13. The van der Waals surface area contributed by atoms with Gasteiger partial charge in [0.05, 0.1) is 18.2 Å². The van der Waals surface area contributed by atoms with Crippen molar-refractivity contribution < 1.29 is 23.0 Å². The zero-order chi connectivity index (χ0) is 32.7. The molecule has 0 heterocycles. The van der Waals surface area contributed by atoms with Crippen molar-refractivity contribution in [3.8, 4) is 5.75 Å². The van der Waals surface area contributed by atoms with Gasteiger partial charge in [-0.15, -0.1) is 6.58 Å². The summed E-state index contributed by atoms with van der Waals surface area (Å²) in [5, 5.41) is 10.8. The fourth-order valence-electron chi connectivity index (χ4n) is 4.19. The highest BCUT2D eigenvalue weighted by molar-refractivity contribution is 5.30. The van der Waals surface area contributed by atoms with E-state index in [4.69, 9.17) is 27.2 Å². The number of ether oxygens (including phenoxy) is 1. The van der Waals surface area contributed by atoms with Crippen LogP contribution in [0.5, 0.6) is 5.75 Å². The second-order valence-electron chi connectivity index (χ2n) is 12.0. The lowest BCUT2D eigenvalue weighted by Gasteiger charge is -2.34. The van der Waals surface area contributed by atoms with Crippen molar-refractivity contribution in [2.24, 2.45) is 34.6 Å². The predicted molar refractivity (Wildman–Crippen MR) is 168 cm³/mol. The molecule has 0 aliphatic heterocycles. The van der Waals surface area contributed by atoms with Crippen LogP contribution >= 0.6 is 0 Å². The number of alkyl halides is 3. The number of aliphatic hydroxyl groups is 1. The lowest BCUT2D eigenvalue weighted by atomic mass is 9.86. The van der Waals surface area contributed by atoms with E-state index in [-0.39, 0.29) is 36.5 Å². The highest BCUT2D eigenvalue weighted by atomic mass is 19.4. The molecule has 1 aliphatic carbocycles. The van der Waals surface area contributed by atoms with Crippen molar-refractivity contribution in [3.63, 3.8) is 0 Å². The number of nitrogens with two attached hydrogens (primary N) is 3. The molecule has 0 aromatic heterocycles. The zero-order valence-electron chi connectivity index (χ0n) is 27.1. The Bertz CT molecular complexity index is 902. The Labute approximate surface area is 252 Å². The van der Waals surface area contributed by atoms with Gasteiger partial charge in [-0.25, -0.2) is 5.84 Å². The van der Waals surface area contributed by atoms with Crippen LogP contribution in [0.15, 0.2) is 48.8 Å². The first kappa shape index (κ1) is 39.7. The van der Waals surface area contributed by atoms with Crippen LogP contribution in [0.2, 0.25) is 0 Å². The van der Waals surface area contributed by atoms with Crippen molar-refractivity contribution in [1.82, 2.24) is 9.91 Å². The van der Waals surface area contributed by atoms with Gasteiger partial charge < -0.3 is 31.2 Å². The number of nitrogens with zero attached hydrogens (tertiary/aromatic N) is 2. The van der Waals surface area contributed by atoms with Crippen molar-refractivity contribution in [3.05, 3.63) is 54.4 Å². The van der Waals surface area contributed by atoms with E-state index in [1.165, 1.54) is 25.0 Å². The van der Waals surface area contributed by atoms with Gasteiger partial charge in [-0.3, -0.25) is 0 Å². The molecule has 1 aromatic rings. The van der Waals surface area contributed by atoms with E-state index in [2.05, 4.69) is 60.1 Å². The van der Waals surface area contributed by atoms with Gasteiger partial charge in [0.2, 0.25) is 0 Å². The molecule has 4 atom stereocenters.